The molecule has 2 saturated carbocycles. The Morgan fingerprint density at radius 2 is 1.48 bits per heavy atom. The van der Waals surface area contributed by atoms with Crippen molar-refractivity contribution >= 4 is 36.1 Å². The van der Waals surface area contributed by atoms with E-state index in [9.17, 15) is 29.1 Å². The van der Waals surface area contributed by atoms with Crippen molar-refractivity contribution in [1.82, 2.24) is 5.32 Å². The van der Waals surface area contributed by atoms with Gasteiger partial charge in [0, 0.05) is 37.9 Å². The van der Waals surface area contributed by atoms with E-state index in [1.807, 2.05) is 0 Å². The maximum atomic E-state index is 15.1. The second-order valence-corrected chi connectivity index (χ2v) is 18.3. The van der Waals surface area contributed by atoms with Gasteiger partial charge in [0.15, 0.2) is 18.0 Å². The summed E-state index contributed by atoms with van der Waals surface area (Å²) in [6, 6.07) is 24.1. The molecule has 66 heavy (non-hydrogen) atoms. The Morgan fingerprint density at radius 3 is 2.03 bits per heavy atom. The fourth-order valence-electron chi connectivity index (χ4n) is 11.1. The van der Waals surface area contributed by atoms with E-state index in [0.29, 0.717) is 23.0 Å². The lowest BCUT2D eigenvalue weighted by Crippen LogP contribution is -2.78. The van der Waals surface area contributed by atoms with Gasteiger partial charge >= 0.3 is 23.9 Å². The zero-order valence-corrected chi connectivity index (χ0v) is 38.5. The molecule has 1 aliphatic heterocycles. The summed E-state index contributed by atoms with van der Waals surface area (Å²) in [5.74, 6) is -5.88. The summed E-state index contributed by atoms with van der Waals surface area (Å²) in [6.45, 7) is 12.6. The first-order chi connectivity index (χ1) is 31.4. The van der Waals surface area contributed by atoms with Crippen LogP contribution in [0.4, 0.5) is 0 Å². The fraction of sp³-hybridized carbons (Fsp3) is 0.490. The van der Waals surface area contributed by atoms with Crippen LogP contribution in [0.2, 0.25) is 0 Å². The summed E-state index contributed by atoms with van der Waals surface area (Å²) < 4.78 is 43.7. The number of hydrogen-bond acceptors (Lipinski definition) is 14. The maximum Gasteiger partial charge on any atom is 0.338 e. The summed E-state index contributed by atoms with van der Waals surface area (Å²) in [7, 11) is 0. The minimum Gasteiger partial charge on any atom is -0.457 e. The maximum absolute atomic E-state index is 15.1. The molecular weight excluding hydrogens is 851 g/mol. The quantitative estimate of drug-likeness (QED) is 0.0589. The van der Waals surface area contributed by atoms with Gasteiger partial charge in [-0.3, -0.25) is 14.4 Å². The van der Waals surface area contributed by atoms with Crippen LogP contribution in [0.1, 0.15) is 101 Å². The molecule has 15 heteroatoms. The number of esters is 4. The number of carbonyl (C=O) groups excluding carboxylic acids is 6. The summed E-state index contributed by atoms with van der Waals surface area (Å²) in [5, 5.41) is 16.8. The molecule has 0 radical (unpaired) electrons. The van der Waals surface area contributed by atoms with Crippen molar-refractivity contribution in [2.75, 3.05) is 13.2 Å². The van der Waals surface area contributed by atoms with Crippen molar-refractivity contribution in [3.05, 3.63) is 119 Å². The third-order valence-corrected chi connectivity index (χ3v) is 14.3. The minimum atomic E-state index is -2.26. The van der Waals surface area contributed by atoms with Crippen molar-refractivity contribution in [1.29, 1.82) is 0 Å². The minimum absolute atomic E-state index is 0.127. The molecule has 1 saturated heterocycles. The molecule has 2 bridgehead atoms. The Morgan fingerprint density at radius 1 is 0.879 bits per heavy atom. The van der Waals surface area contributed by atoms with Crippen molar-refractivity contribution in [2.24, 2.45) is 22.7 Å². The Hall–Kier alpha value is -5.74. The van der Waals surface area contributed by atoms with Crippen LogP contribution in [0, 0.1) is 22.7 Å². The Kier molecular flexibility index (Phi) is 13.8. The summed E-state index contributed by atoms with van der Waals surface area (Å²) >= 11 is 0. The molecule has 3 fully saturated rings. The molecule has 15 nitrogen and oxygen atoms in total. The van der Waals surface area contributed by atoms with Crippen LogP contribution in [0.15, 0.2) is 102 Å². The summed E-state index contributed by atoms with van der Waals surface area (Å²) in [5.41, 5.74) is -5.71. The number of benzene rings is 3. The van der Waals surface area contributed by atoms with Crippen LogP contribution in [-0.2, 0) is 52.3 Å². The summed E-state index contributed by atoms with van der Waals surface area (Å²) in [6.07, 6.45) is -7.47. The van der Waals surface area contributed by atoms with Crippen LogP contribution in [0.5, 0.6) is 0 Å². The van der Waals surface area contributed by atoms with Crippen molar-refractivity contribution in [3.63, 3.8) is 0 Å². The number of ether oxygens (including phenoxy) is 7. The molecule has 3 aliphatic carbocycles. The molecule has 12 atom stereocenters. The van der Waals surface area contributed by atoms with Crippen LogP contribution < -0.4 is 5.32 Å². The van der Waals surface area contributed by atoms with Crippen LogP contribution in [0.25, 0.3) is 0 Å². The first-order valence-electron chi connectivity index (χ1n) is 22.4. The molecule has 3 aromatic carbocycles. The first-order valence-corrected chi connectivity index (χ1v) is 22.4. The predicted molar refractivity (Wildman–Crippen MR) is 236 cm³/mol. The topological polar surface area (TPSA) is 199 Å². The molecule has 1 unspecified atom stereocenters. The Labute approximate surface area is 384 Å². The highest BCUT2D eigenvalue weighted by Crippen LogP contribution is 2.68. The highest BCUT2D eigenvalue weighted by molar-refractivity contribution is 5.95. The number of rotatable bonds is 15. The van der Waals surface area contributed by atoms with E-state index in [2.05, 4.69) is 5.32 Å². The van der Waals surface area contributed by atoms with E-state index in [1.54, 1.807) is 120 Å². The standard InChI is InChI=1S/C51H59NO14/c1-9-60-33(6)63-41(40(34-19-13-10-14-20-34)52-45(56)35-21-15-11-16-22-35)47(58)64-37-26-51(59)44(65-46(57)36-23-17-12-18-24-36)42-49(27-53,29(2)25-38-50(42,28-61-38)66-32(5)55)43(62-31(4)54)39(30(37)3)48(51,7)8/h10-24,27,29,33,37-38,40-44,59H,9,25-26,28H2,1-8H3,(H,52,56)/t29-,33?,37-,38+,40-,41+,42-,43+,44-,49+,50-,51+/m0/s1. The van der Waals surface area contributed by atoms with Crippen molar-refractivity contribution in [3.8, 4) is 0 Å². The van der Waals surface area contributed by atoms with Gasteiger partial charge in [-0.15, -0.1) is 0 Å². The number of amides is 1. The van der Waals surface area contributed by atoms with Gasteiger partial charge in [0.2, 0.25) is 0 Å². The average Bonchev–Trinajstić information content (AvgIpc) is 3.31. The van der Waals surface area contributed by atoms with Gasteiger partial charge < -0.3 is 48.4 Å². The molecule has 352 valence electrons. The molecule has 0 aromatic heterocycles. The predicted octanol–water partition coefficient (Wildman–Crippen LogP) is 6.03. The normalized spacial score (nSPS) is 30.9. The monoisotopic (exact) mass is 909 g/mol. The zero-order valence-electron chi connectivity index (χ0n) is 38.5. The molecule has 1 amide bonds. The van der Waals surface area contributed by atoms with Crippen molar-refractivity contribution in [2.45, 2.75) is 122 Å². The lowest BCUT2D eigenvalue weighted by atomic mass is 9.49. The third kappa shape index (κ3) is 8.35. The molecule has 4 aliphatic rings. The SMILES string of the molecule is CCOC(C)O[C@@H](C(=O)O[C@H]1C[C@@]2(O)[C@@H](OC(=O)c3ccccc3)[C@@H]3[C@]4(OC(C)=O)CO[C@@H]4C[C@H](C)[C@@]3(C=O)[C@H](OC(C)=O)C(=C1C)C2(C)C)[C@@H](NC(=O)c1ccccc1)c1ccccc1. The molecule has 0 spiro atoms. The third-order valence-electron chi connectivity index (χ3n) is 14.3. The highest BCUT2D eigenvalue weighted by Gasteiger charge is 2.80. The van der Waals surface area contributed by atoms with Gasteiger partial charge in [-0.25, -0.2) is 9.59 Å². The van der Waals surface area contributed by atoms with E-state index in [-0.39, 0.29) is 30.8 Å². The van der Waals surface area contributed by atoms with Gasteiger partial charge in [0.25, 0.3) is 5.91 Å². The van der Waals surface area contributed by atoms with E-state index < -0.39 is 113 Å². The van der Waals surface area contributed by atoms with Crippen LogP contribution in [0.3, 0.4) is 0 Å². The van der Waals surface area contributed by atoms with Crippen LogP contribution in [-0.4, -0.2) is 102 Å². The van der Waals surface area contributed by atoms with Gasteiger partial charge in [0.05, 0.1) is 29.5 Å². The van der Waals surface area contributed by atoms with E-state index in [1.165, 1.54) is 26.0 Å². The zero-order chi connectivity index (χ0) is 47.8. The number of aldehydes is 1. The summed E-state index contributed by atoms with van der Waals surface area (Å²) in [4.78, 5) is 84.4. The Bertz CT molecular complexity index is 2340. The Balaban J connectivity index is 1.42. The van der Waals surface area contributed by atoms with E-state index in [4.69, 9.17) is 33.2 Å². The van der Waals surface area contributed by atoms with Gasteiger partial charge in [-0.05, 0) is 74.1 Å². The molecule has 3 aromatic rings. The smallest absolute Gasteiger partial charge is 0.338 e. The second kappa shape index (κ2) is 18.9. The van der Waals surface area contributed by atoms with Crippen molar-refractivity contribution < 1.29 is 67.0 Å². The average molecular weight is 910 g/mol. The fourth-order valence-corrected chi connectivity index (χ4v) is 11.1. The lowest BCUT2D eigenvalue weighted by molar-refractivity contribution is -0.338. The highest BCUT2D eigenvalue weighted by atomic mass is 16.7. The number of hydrogen-bond donors (Lipinski definition) is 2. The number of carbonyl (C=O) groups is 6. The first kappa shape index (κ1) is 48.2. The molecule has 1 heterocycles. The van der Waals surface area contributed by atoms with Gasteiger partial charge in [-0.2, -0.15) is 0 Å². The van der Waals surface area contributed by atoms with Gasteiger partial charge in [-0.1, -0.05) is 87.5 Å². The van der Waals surface area contributed by atoms with E-state index in [0.717, 1.165) is 0 Å². The lowest BCUT2D eigenvalue weighted by Gasteiger charge is -2.64. The number of nitrogens with one attached hydrogen (secondary N) is 1. The van der Waals surface area contributed by atoms with Crippen LogP contribution >= 0.6 is 0 Å². The molecule has 7 rings (SSSR count). The second-order valence-electron chi connectivity index (χ2n) is 18.3. The molecular formula is C51H59NO14. The number of aliphatic hydroxyl groups is 1. The van der Waals surface area contributed by atoms with E-state index >= 15 is 4.79 Å². The largest absolute Gasteiger partial charge is 0.457 e. The molecule has 2 N–H and O–H groups in total. The van der Waals surface area contributed by atoms with Gasteiger partial charge in [0.1, 0.15) is 36.3 Å². The number of fused-ring (bicyclic) bond motifs is 5.